The fourth-order valence-corrected chi connectivity index (χ4v) is 4.65. The van der Waals surface area contributed by atoms with Gasteiger partial charge < -0.3 is 10.0 Å². The Morgan fingerprint density at radius 3 is 2.52 bits per heavy atom. The van der Waals surface area contributed by atoms with Gasteiger partial charge in [-0.05, 0) is 30.5 Å². The van der Waals surface area contributed by atoms with E-state index in [-0.39, 0.29) is 5.82 Å². The lowest BCUT2D eigenvalue weighted by molar-refractivity contribution is 0.0118. The van der Waals surface area contributed by atoms with Crippen LogP contribution in [0.15, 0.2) is 48.5 Å². The number of benzene rings is 2. The highest BCUT2D eigenvalue weighted by Crippen LogP contribution is 2.38. The van der Waals surface area contributed by atoms with Crippen LogP contribution >= 0.6 is 22.9 Å². The molecule has 140 valence electrons. The van der Waals surface area contributed by atoms with E-state index in [1.54, 1.807) is 18.2 Å². The molecule has 1 fully saturated rings. The standard InChI is InChI=1S/C20H19ClFN3OS/c21-16-7-3-2-6-15(16)20(26)9-11-25(12-10-20)19-24-23-18(27-19)13-14-5-1-4-8-17(14)22/h1-8,26H,9-13H2. The molecule has 0 amide bonds. The first-order valence-electron chi connectivity index (χ1n) is 8.83. The van der Waals surface area contributed by atoms with E-state index in [1.807, 2.05) is 24.3 Å². The minimum Gasteiger partial charge on any atom is -0.385 e. The van der Waals surface area contributed by atoms with Crippen LogP contribution in [0.2, 0.25) is 5.02 Å². The average molecular weight is 404 g/mol. The lowest BCUT2D eigenvalue weighted by Gasteiger charge is -2.38. The second-order valence-corrected chi connectivity index (χ2v) is 8.19. The predicted molar refractivity (Wildman–Crippen MR) is 106 cm³/mol. The molecule has 2 aromatic carbocycles. The Bertz CT molecular complexity index is 940. The van der Waals surface area contributed by atoms with Crippen molar-refractivity contribution in [1.29, 1.82) is 0 Å². The second-order valence-electron chi connectivity index (χ2n) is 6.75. The van der Waals surface area contributed by atoms with E-state index < -0.39 is 5.60 Å². The summed E-state index contributed by atoms with van der Waals surface area (Å²) >= 11 is 7.74. The lowest BCUT2D eigenvalue weighted by atomic mass is 9.84. The number of aliphatic hydroxyl groups is 1. The van der Waals surface area contributed by atoms with E-state index in [2.05, 4.69) is 15.1 Å². The van der Waals surface area contributed by atoms with Crippen molar-refractivity contribution in [2.24, 2.45) is 0 Å². The number of aromatic nitrogens is 2. The van der Waals surface area contributed by atoms with Crippen molar-refractivity contribution in [1.82, 2.24) is 10.2 Å². The van der Waals surface area contributed by atoms with Gasteiger partial charge >= 0.3 is 0 Å². The molecule has 1 aromatic heterocycles. The summed E-state index contributed by atoms with van der Waals surface area (Å²) in [6, 6.07) is 14.2. The largest absolute Gasteiger partial charge is 0.385 e. The van der Waals surface area contributed by atoms with Crippen molar-refractivity contribution in [2.75, 3.05) is 18.0 Å². The van der Waals surface area contributed by atoms with Crippen LogP contribution in [-0.4, -0.2) is 28.4 Å². The number of nitrogens with zero attached hydrogens (tertiary/aromatic N) is 3. The van der Waals surface area contributed by atoms with Gasteiger partial charge in [0.1, 0.15) is 10.8 Å². The van der Waals surface area contributed by atoms with Gasteiger partial charge in [0.2, 0.25) is 5.13 Å². The molecule has 1 aliphatic heterocycles. The Morgan fingerprint density at radius 1 is 1.07 bits per heavy atom. The van der Waals surface area contributed by atoms with Crippen LogP contribution in [0.1, 0.15) is 29.0 Å². The molecule has 27 heavy (non-hydrogen) atoms. The van der Waals surface area contributed by atoms with Gasteiger partial charge in [-0.3, -0.25) is 0 Å². The van der Waals surface area contributed by atoms with Crippen molar-refractivity contribution < 1.29 is 9.50 Å². The maximum Gasteiger partial charge on any atom is 0.208 e. The molecule has 0 saturated carbocycles. The van der Waals surface area contributed by atoms with Crippen LogP contribution in [0.5, 0.6) is 0 Å². The molecule has 0 aliphatic carbocycles. The molecule has 4 rings (SSSR count). The number of rotatable bonds is 4. The first-order valence-corrected chi connectivity index (χ1v) is 10.0. The molecule has 7 heteroatoms. The van der Waals surface area contributed by atoms with Gasteiger partial charge in [-0.2, -0.15) is 0 Å². The summed E-state index contributed by atoms with van der Waals surface area (Å²) in [5.74, 6) is -0.225. The summed E-state index contributed by atoms with van der Waals surface area (Å²) in [5.41, 5.74) is 0.478. The van der Waals surface area contributed by atoms with Crippen molar-refractivity contribution in [3.8, 4) is 0 Å². The zero-order valence-electron chi connectivity index (χ0n) is 14.6. The Labute approximate surface area is 166 Å². The fraction of sp³-hybridized carbons (Fsp3) is 0.300. The predicted octanol–water partition coefficient (Wildman–Crippen LogP) is 4.41. The molecule has 1 saturated heterocycles. The molecule has 0 bridgehead atoms. The monoisotopic (exact) mass is 403 g/mol. The maximum absolute atomic E-state index is 13.8. The minimum absolute atomic E-state index is 0.225. The molecule has 0 spiro atoms. The molecule has 1 aliphatic rings. The molecular weight excluding hydrogens is 385 g/mol. The number of piperidine rings is 1. The summed E-state index contributed by atoms with van der Waals surface area (Å²) in [7, 11) is 0. The Kier molecular flexibility index (Phi) is 5.12. The second kappa shape index (κ2) is 7.54. The van der Waals surface area contributed by atoms with E-state index in [4.69, 9.17) is 11.6 Å². The maximum atomic E-state index is 13.8. The average Bonchev–Trinajstić information content (AvgIpc) is 3.13. The van der Waals surface area contributed by atoms with Gasteiger partial charge in [0.15, 0.2) is 0 Å². The fourth-order valence-electron chi connectivity index (χ4n) is 3.42. The van der Waals surface area contributed by atoms with Crippen molar-refractivity contribution in [3.63, 3.8) is 0 Å². The van der Waals surface area contributed by atoms with Gasteiger partial charge in [0.05, 0.1) is 5.60 Å². The highest BCUT2D eigenvalue weighted by atomic mass is 35.5. The molecule has 4 nitrogen and oxygen atoms in total. The van der Waals surface area contributed by atoms with E-state index in [1.165, 1.54) is 17.4 Å². The zero-order valence-corrected chi connectivity index (χ0v) is 16.2. The Hall–Kier alpha value is -2.02. The number of hydrogen-bond acceptors (Lipinski definition) is 5. The van der Waals surface area contributed by atoms with E-state index in [0.29, 0.717) is 42.9 Å². The van der Waals surface area contributed by atoms with E-state index in [0.717, 1.165) is 15.7 Å². The molecule has 2 heterocycles. The molecule has 3 aromatic rings. The van der Waals surface area contributed by atoms with Crippen LogP contribution < -0.4 is 4.90 Å². The summed E-state index contributed by atoms with van der Waals surface area (Å²) in [6.45, 7) is 1.33. The van der Waals surface area contributed by atoms with Crippen molar-refractivity contribution >= 4 is 28.1 Å². The van der Waals surface area contributed by atoms with Crippen LogP contribution in [-0.2, 0) is 12.0 Å². The van der Waals surface area contributed by atoms with Gasteiger partial charge in [-0.1, -0.05) is 59.3 Å². The smallest absolute Gasteiger partial charge is 0.208 e. The van der Waals surface area contributed by atoms with Crippen LogP contribution in [0, 0.1) is 5.82 Å². The summed E-state index contributed by atoms with van der Waals surface area (Å²) in [5, 5.41) is 21.7. The number of hydrogen-bond donors (Lipinski definition) is 1. The summed E-state index contributed by atoms with van der Waals surface area (Å²) in [6.07, 6.45) is 1.57. The summed E-state index contributed by atoms with van der Waals surface area (Å²) in [4.78, 5) is 2.12. The van der Waals surface area contributed by atoms with Crippen molar-refractivity contribution in [3.05, 3.63) is 75.5 Å². The number of halogens is 2. The van der Waals surface area contributed by atoms with Crippen LogP contribution in [0.25, 0.3) is 0 Å². The van der Waals surface area contributed by atoms with Crippen molar-refractivity contribution in [2.45, 2.75) is 24.9 Å². The first-order chi connectivity index (χ1) is 13.0. The van der Waals surface area contributed by atoms with E-state index in [9.17, 15) is 9.50 Å². The third kappa shape index (κ3) is 3.83. The van der Waals surface area contributed by atoms with Crippen LogP contribution in [0.4, 0.5) is 9.52 Å². The molecular formula is C20H19ClFN3OS. The lowest BCUT2D eigenvalue weighted by Crippen LogP contribution is -2.42. The highest BCUT2D eigenvalue weighted by Gasteiger charge is 2.36. The molecule has 1 N–H and O–H groups in total. The highest BCUT2D eigenvalue weighted by molar-refractivity contribution is 7.15. The Morgan fingerprint density at radius 2 is 1.78 bits per heavy atom. The summed E-state index contributed by atoms with van der Waals surface area (Å²) < 4.78 is 13.8. The topological polar surface area (TPSA) is 49.2 Å². The normalized spacial score (nSPS) is 16.5. The quantitative estimate of drug-likeness (QED) is 0.701. The van der Waals surface area contributed by atoms with Gasteiger partial charge in [-0.25, -0.2) is 4.39 Å². The third-order valence-electron chi connectivity index (χ3n) is 4.99. The minimum atomic E-state index is -0.921. The first kappa shape index (κ1) is 18.3. The van der Waals surface area contributed by atoms with E-state index >= 15 is 0 Å². The van der Waals surface area contributed by atoms with Gasteiger partial charge in [0, 0.05) is 30.1 Å². The molecule has 0 radical (unpaired) electrons. The third-order valence-corrected chi connectivity index (χ3v) is 6.31. The molecule has 0 unspecified atom stereocenters. The SMILES string of the molecule is OC1(c2ccccc2Cl)CCN(c2nnc(Cc3ccccc3F)s2)CC1. The number of anilines is 1. The Balaban J connectivity index is 1.44. The zero-order chi connectivity index (χ0) is 18.9. The van der Waals surface area contributed by atoms with Gasteiger partial charge in [0.25, 0.3) is 0 Å². The van der Waals surface area contributed by atoms with Crippen LogP contribution in [0.3, 0.4) is 0 Å². The molecule has 0 atom stereocenters. The van der Waals surface area contributed by atoms with Gasteiger partial charge in [-0.15, -0.1) is 10.2 Å².